The molecule has 0 aliphatic carbocycles. The van der Waals surface area contributed by atoms with E-state index in [9.17, 15) is 0 Å². The molecule has 1 aromatic rings. The van der Waals surface area contributed by atoms with Crippen molar-refractivity contribution in [1.82, 2.24) is 0 Å². The Labute approximate surface area is 118 Å². The van der Waals surface area contributed by atoms with Crippen LogP contribution in [0.5, 0.6) is 5.75 Å². The van der Waals surface area contributed by atoms with E-state index < -0.39 is 0 Å². The fourth-order valence-electron chi connectivity index (χ4n) is 1.99. The first kappa shape index (κ1) is 16.0. The Morgan fingerprint density at radius 1 is 0.895 bits per heavy atom. The number of aryl methyl sites for hydroxylation is 1. The lowest BCUT2D eigenvalue weighted by Crippen LogP contribution is -1.97. The van der Waals surface area contributed by atoms with Crippen molar-refractivity contribution in [3.05, 3.63) is 36.8 Å². The molecule has 0 N–H and O–H groups in total. The fraction of sp³-hybridized carbons (Fsp3) is 0.588. The van der Waals surface area contributed by atoms with E-state index in [4.69, 9.17) is 9.47 Å². The molecular formula is C17H27O2. The highest BCUT2D eigenvalue weighted by molar-refractivity contribution is 5.27. The maximum Gasteiger partial charge on any atom is 0.118 e. The first-order valence-corrected chi connectivity index (χ1v) is 7.36. The molecule has 0 saturated heterocycles. The summed E-state index contributed by atoms with van der Waals surface area (Å²) in [6.07, 6.45) is 8.12. The minimum atomic E-state index is 0.897. The molecule has 1 radical (unpaired) electrons. The second-order valence-corrected chi connectivity index (χ2v) is 4.83. The van der Waals surface area contributed by atoms with Crippen molar-refractivity contribution in [3.8, 4) is 5.75 Å². The predicted octanol–water partition coefficient (Wildman–Crippen LogP) is 4.43. The van der Waals surface area contributed by atoms with E-state index in [1.165, 1.54) is 31.2 Å². The van der Waals surface area contributed by atoms with Crippen LogP contribution in [0.2, 0.25) is 0 Å². The molecule has 0 aliphatic rings. The van der Waals surface area contributed by atoms with Crippen molar-refractivity contribution in [2.75, 3.05) is 20.3 Å². The molecule has 0 spiro atoms. The monoisotopic (exact) mass is 263 g/mol. The van der Waals surface area contributed by atoms with Gasteiger partial charge in [0.25, 0.3) is 0 Å². The number of methoxy groups -OCH3 is 1. The zero-order valence-corrected chi connectivity index (χ0v) is 12.2. The predicted molar refractivity (Wildman–Crippen MR) is 80.6 cm³/mol. The molecule has 0 unspecified atom stereocenters. The van der Waals surface area contributed by atoms with Crippen LogP contribution < -0.4 is 4.74 Å². The van der Waals surface area contributed by atoms with E-state index in [1.54, 1.807) is 7.11 Å². The van der Waals surface area contributed by atoms with Gasteiger partial charge in [0, 0.05) is 13.2 Å². The Morgan fingerprint density at radius 3 is 2.21 bits per heavy atom. The van der Waals surface area contributed by atoms with Gasteiger partial charge in [-0.05, 0) is 43.4 Å². The largest absolute Gasteiger partial charge is 0.497 e. The molecule has 0 saturated carbocycles. The van der Waals surface area contributed by atoms with Gasteiger partial charge >= 0.3 is 0 Å². The molecule has 0 atom stereocenters. The van der Waals surface area contributed by atoms with Crippen LogP contribution in [0.25, 0.3) is 0 Å². The average Bonchev–Trinajstić information content (AvgIpc) is 2.46. The third-order valence-corrected chi connectivity index (χ3v) is 3.20. The van der Waals surface area contributed by atoms with Gasteiger partial charge in [0.1, 0.15) is 5.75 Å². The van der Waals surface area contributed by atoms with E-state index in [0.29, 0.717) is 0 Å². The molecule has 2 heteroatoms. The maximum absolute atomic E-state index is 5.57. The van der Waals surface area contributed by atoms with Gasteiger partial charge in [-0.25, -0.2) is 0 Å². The number of ether oxygens (including phenoxy) is 2. The third kappa shape index (κ3) is 7.89. The van der Waals surface area contributed by atoms with Gasteiger partial charge in [-0.15, -0.1) is 0 Å². The fourth-order valence-corrected chi connectivity index (χ4v) is 1.99. The average molecular weight is 263 g/mol. The molecule has 0 aliphatic heterocycles. The standard InChI is InChI=1S/C17H27O2/c1-3-4-7-14-19-15-8-5-6-9-16-10-12-17(18-2)13-11-16/h10-13H,1,3-9,14-15H2,2H3. The molecule has 0 heterocycles. The minimum absolute atomic E-state index is 0.897. The highest BCUT2D eigenvalue weighted by Crippen LogP contribution is 2.13. The Kier molecular flexibility index (Phi) is 9.17. The van der Waals surface area contributed by atoms with Crippen LogP contribution in [-0.4, -0.2) is 20.3 Å². The van der Waals surface area contributed by atoms with Gasteiger partial charge in [0.15, 0.2) is 0 Å². The summed E-state index contributed by atoms with van der Waals surface area (Å²) in [5.74, 6) is 0.930. The zero-order valence-electron chi connectivity index (χ0n) is 12.2. The summed E-state index contributed by atoms with van der Waals surface area (Å²) in [7, 11) is 1.70. The molecule has 107 valence electrons. The Hall–Kier alpha value is -1.02. The summed E-state index contributed by atoms with van der Waals surface area (Å²) in [6.45, 7) is 5.62. The number of hydrogen-bond donors (Lipinski definition) is 0. The molecule has 0 fully saturated rings. The summed E-state index contributed by atoms with van der Waals surface area (Å²) < 4.78 is 10.7. The minimum Gasteiger partial charge on any atom is -0.497 e. The molecule has 2 nitrogen and oxygen atoms in total. The highest BCUT2D eigenvalue weighted by Gasteiger charge is 1.96. The summed E-state index contributed by atoms with van der Waals surface area (Å²) in [6, 6.07) is 8.35. The van der Waals surface area contributed by atoms with Gasteiger partial charge < -0.3 is 9.47 Å². The molecule has 0 aromatic heterocycles. The first-order chi connectivity index (χ1) is 9.36. The number of benzene rings is 1. The number of hydrogen-bond acceptors (Lipinski definition) is 2. The van der Waals surface area contributed by atoms with Crippen molar-refractivity contribution in [1.29, 1.82) is 0 Å². The van der Waals surface area contributed by atoms with Crippen molar-refractivity contribution < 1.29 is 9.47 Å². The van der Waals surface area contributed by atoms with Gasteiger partial charge in [0.2, 0.25) is 0 Å². The van der Waals surface area contributed by atoms with E-state index in [-0.39, 0.29) is 0 Å². The normalized spacial score (nSPS) is 10.6. The van der Waals surface area contributed by atoms with Gasteiger partial charge in [-0.3, -0.25) is 0 Å². The van der Waals surface area contributed by atoms with E-state index in [1.807, 2.05) is 12.1 Å². The number of unbranched alkanes of at least 4 members (excludes halogenated alkanes) is 4. The van der Waals surface area contributed by atoms with Crippen LogP contribution in [0.1, 0.15) is 44.1 Å². The maximum atomic E-state index is 5.57. The van der Waals surface area contributed by atoms with Crippen LogP contribution in [0.3, 0.4) is 0 Å². The smallest absolute Gasteiger partial charge is 0.118 e. The van der Waals surface area contributed by atoms with Crippen LogP contribution in [-0.2, 0) is 11.2 Å². The molecule has 1 aromatic carbocycles. The van der Waals surface area contributed by atoms with Gasteiger partial charge in [-0.2, -0.15) is 0 Å². The lowest BCUT2D eigenvalue weighted by atomic mass is 10.1. The molecule has 19 heavy (non-hydrogen) atoms. The third-order valence-electron chi connectivity index (χ3n) is 3.20. The molecule has 0 bridgehead atoms. The summed E-state index contributed by atoms with van der Waals surface area (Å²) in [5, 5.41) is 0. The topological polar surface area (TPSA) is 18.5 Å². The van der Waals surface area contributed by atoms with E-state index in [0.717, 1.165) is 38.2 Å². The Balaban J connectivity index is 1.95. The Bertz CT molecular complexity index is 306. The van der Waals surface area contributed by atoms with Crippen LogP contribution >= 0.6 is 0 Å². The van der Waals surface area contributed by atoms with Crippen LogP contribution in [0.4, 0.5) is 0 Å². The second kappa shape index (κ2) is 10.9. The molecule has 0 amide bonds. The van der Waals surface area contributed by atoms with Crippen LogP contribution in [0.15, 0.2) is 24.3 Å². The van der Waals surface area contributed by atoms with Crippen molar-refractivity contribution >= 4 is 0 Å². The van der Waals surface area contributed by atoms with Crippen molar-refractivity contribution in [2.45, 2.75) is 44.9 Å². The summed E-state index contributed by atoms with van der Waals surface area (Å²) in [5.41, 5.74) is 1.39. The van der Waals surface area contributed by atoms with E-state index >= 15 is 0 Å². The first-order valence-electron chi connectivity index (χ1n) is 7.36. The van der Waals surface area contributed by atoms with E-state index in [2.05, 4.69) is 19.1 Å². The second-order valence-electron chi connectivity index (χ2n) is 4.83. The lowest BCUT2D eigenvalue weighted by Gasteiger charge is -2.05. The quantitative estimate of drug-likeness (QED) is 0.550. The molecule has 1 rings (SSSR count). The van der Waals surface area contributed by atoms with Crippen molar-refractivity contribution in [2.24, 2.45) is 0 Å². The SMILES string of the molecule is [CH2]CCCCOCCCCCc1ccc(OC)cc1. The zero-order chi connectivity index (χ0) is 13.8. The van der Waals surface area contributed by atoms with Gasteiger partial charge in [0.05, 0.1) is 7.11 Å². The summed E-state index contributed by atoms with van der Waals surface area (Å²) >= 11 is 0. The molecular weight excluding hydrogens is 236 g/mol. The van der Waals surface area contributed by atoms with Crippen molar-refractivity contribution in [3.63, 3.8) is 0 Å². The summed E-state index contributed by atoms with van der Waals surface area (Å²) in [4.78, 5) is 0. The van der Waals surface area contributed by atoms with Gasteiger partial charge in [-0.1, -0.05) is 38.3 Å². The van der Waals surface area contributed by atoms with Crippen LogP contribution in [0, 0.1) is 6.92 Å². The Morgan fingerprint density at radius 2 is 1.58 bits per heavy atom. The highest BCUT2D eigenvalue weighted by atomic mass is 16.5. The number of rotatable bonds is 11. The lowest BCUT2D eigenvalue weighted by molar-refractivity contribution is 0.126.